The van der Waals surface area contributed by atoms with Crippen molar-refractivity contribution in [3.63, 3.8) is 0 Å². The zero-order valence-electron chi connectivity index (χ0n) is 17.3. The Kier molecular flexibility index (Phi) is 5.74. The number of aliphatic hydroxyl groups is 1. The summed E-state index contributed by atoms with van der Waals surface area (Å²) in [5, 5.41) is 24.6. The van der Waals surface area contributed by atoms with Crippen LogP contribution in [0.2, 0.25) is 0 Å². The van der Waals surface area contributed by atoms with Crippen LogP contribution in [-0.2, 0) is 0 Å². The van der Waals surface area contributed by atoms with Gasteiger partial charge in [0.05, 0.1) is 22.8 Å². The Bertz CT molecular complexity index is 1220. The van der Waals surface area contributed by atoms with Gasteiger partial charge in [0.1, 0.15) is 11.4 Å². The third kappa shape index (κ3) is 3.52. The number of hydrogen-bond acceptors (Lipinski definition) is 7. The predicted molar refractivity (Wildman–Crippen MR) is 120 cm³/mol. The summed E-state index contributed by atoms with van der Waals surface area (Å²) < 4.78 is 5.41. The second-order valence-corrected chi connectivity index (χ2v) is 7.18. The summed E-state index contributed by atoms with van der Waals surface area (Å²) in [6.45, 7) is 2.56. The molecular formula is C23H21N3O6. The van der Waals surface area contributed by atoms with Gasteiger partial charge in [-0.3, -0.25) is 19.7 Å². The molecule has 1 aliphatic heterocycles. The minimum atomic E-state index is -0.632. The number of amides is 2. The zero-order valence-corrected chi connectivity index (χ0v) is 17.3. The molecule has 0 fully saturated rings. The molecule has 0 bridgehead atoms. The van der Waals surface area contributed by atoms with Gasteiger partial charge in [-0.1, -0.05) is 12.1 Å². The minimum absolute atomic E-state index is 0.0733. The van der Waals surface area contributed by atoms with Crippen LogP contribution in [0.5, 0.6) is 5.75 Å². The molecule has 0 unspecified atom stereocenters. The van der Waals surface area contributed by atoms with Gasteiger partial charge in [0.15, 0.2) is 0 Å². The standard InChI is InChI=1S/C23H21N3O6/c1-2-32-15-9-7-14(8-10-15)25-22(28)17-6-3-5-16-20(17)18(23(25)29)13-19(26(30)31)21(16)24-11-4-12-27/h3,5-10,13,24,27H,2,4,11-12H2,1H3. The fraction of sp³-hybridized carbons (Fsp3) is 0.217. The monoisotopic (exact) mass is 435 g/mol. The van der Waals surface area contributed by atoms with Crippen LogP contribution in [0.4, 0.5) is 17.1 Å². The molecule has 0 atom stereocenters. The molecule has 1 heterocycles. The van der Waals surface area contributed by atoms with Crippen molar-refractivity contribution in [2.75, 3.05) is 30.0 Å². The summed E-state index contributed by atoms with van der Waals surface area (Å²) in [6, 6.07) is 12.6. The van der Waals surface area contributed by atoms with Crippen LogP contribution in [-0.4, -0.2) is 41.6 Å². The molecule has 3 aromatic carbocycles. The van der Waals surface area contributed by atoms with E-state index in [9.17, 15) is 19.7 Å². The Hall–Kier alpha value is -3.98. The van der Waals surface area contributed by atoms with Gasteiger partial charge in [0.2, 0.25) is 0 Å². The third-order valence-electron chi connectivity index (χ3n) is 5.25. The van der Waals surface area contributed by atoms with Crippen molar-refractivity contribution in [3.8, 4) is 5.75 Å². The predicted octanol–water partition coefficient (Wildman–Crippen LogP) is 3.74. The lowest BCUT2D eigenvalue weighted by Crippen LogP contribution is -2.40. The van der Waals surface area contributed by atoms with Gasteiger partial charge < -0.3 is 15.2 Å². The number of rotatable bonds is 8. The SMILES string of the molecule is CCOc1ccc(N2C(=O)c3cccc4c(NCCCO)c([N+](=O)[O-])cc(c34)C2=O)cc1. The number of nitrogens with zero attached hydrogens (tertiary/aromatic N) is 2. The highest BCUT2D eigenvalue weighted by molar-refractivity contribution is 6.37. The number of carbonyl (C=O) groups is 2. The van der Waals surface area contributed by atoms with Gasteiger partial charge in [-0.05, 0) is 43.7 Å². The fourth-order valence-corrected chi connectivity index (χ4v) is 3.86. The van der Waals surface area contributed by atoms with Crippen LogP contribution >= 0.6 is 0 Å². The molecule has 0 spiro atoms. The van der Waals surface area contributed by atoms with E-state index in [2.05, 4.69) is 5.32 Å². The van der Waals surface area contributed by atoms with E-state index in [1.165, 1.54) is 6.07 Å². The highest BCUT2D eigenvalue weighted by Crippen LogP contribution is 2.41. The van der Waals surface area contributed by atoms with Gasteiger partial charge in [-0.2, -0.15) is 0 Å². The highest BCUT2D eigenvalue weighted by Gasteiger charge is 2.37. The molecule has 9 nitrogen and oxygen atoms in total. The Morgan fingerprint density at radius 3 is 2.47 bits per heavy atom. The average Bonchev–Trinajstić information content (AvgIpc) is 2.79. The van der Waals surface area contributed by atoms with E-state index in [1.807, 2.05) is 6.92 Å². The van der Waals surface area contributed by atoms with E-state index in [0.29, 0.717) is 41.8 Å². The van der Waals surface area contributed by atoms with Crippen molar-refractivity contribution in [1.82, 2.24) is 0 Å². The number of anilines is 2. The Balaban J connectivity index is 1.87. The first kappa shape index (κ1) is 21.3. The molecule has 1 aliphatic rings. The van der Waals surface area contributed by atoms with Crippen LogP contribution in [0, 0.1) is 10.1 Å². The largest absolute Gasteiger partial charge is 0.494 e. The molecule has 0 saturated carbocycles. The van der Waals surface area contributed by atoms with E-state index >= 15 is 0 Å². The van der Waals surface area contributed by atoms with Crippen LogP contribution in [0.3, 0.4) is 0 Å². The molecule has 2 amide bonds. The van der Waals surface area contributed by atoms with E-state index in [0.717, 1.165) is 4.90 Å². The van der Waals surface area contributed by atoms with Crippen LogP contribution in [0.25, 0.3) is 10.8 Å². The first-order valence-corrected chi connectivity index (χ1v) is 10.2. The first-order valence-electron chi connectivity index (χ1n) is 10.2. The minimum Gasteiger partial charge on any atom is -0.494 e. The fourth-order valence-electron chi connectivity index (χ4n) is 3.86. The van der Waals surface area contributed by atoms with Gasteiger partial charge in [0, 0.05) is 35.6 Å². The van der Waals surface area contributed by atoms with Gasteiger partial charge in [-0.25, -0.2) is 4.90 Å². The summed E-state index contributed by atoms with van der Waals surface area (Å²) in [5.74, 6) is -0.537. The van der Waals surface area contributed by atoms with Gasteiger partial charge in [0.25, 0.3) is 17.5 Å². The molecule has 2 N–H and O–H groups in total. The van der Waals surface area contributed by atoms with Crippen LogP contribution in [0.15, 0.2) is 48.5 Å². The molecule has 0 aliphatic carbocycles. The number of hydrogen-bond donors (Lipinski definition) is 2. The third-order valence-corrected chi connectivity index (χ3v) is 5.25. The average molecular weight is 435 g/mol. The van der Waals surface area contributed by atoms with Crippen molar-refractivity contribution in [3.05, 3.63) is 69.8 Å². The molecule has 0 saturated heterocycles. The second kappa shape index (κ2) is 8.64. The summed E-state index contributed by atoms with van der Waals surface area (Å²) in [6.07, 6.45) is 0.392. The quantitative estimate of drug-likeness (QED) is 0.239. The van der Waals surface area contributed by atoms with Crippen molar-refractivity contribution in [2.45, 2.75) is 13.3 Å². The van der Waals surface area contributed by atoms with E-state index in [-0.39, 0.29) is 29.1 Å². The molecule has 164 valence electrons. The number of carbonyl (C=O) groups excluding carboxylic acids is 2. The number of nitro groups is 1. The van der Waals surface area contributed by atoms with E-state index in [1.54, 1.807) is 42.5 Å². The Morgan fingerprint density at radius 2 is 1.81 bits per heavy atom. The van der Waals surface area contributed by atoms with Crippen molar-refractivity contribution >= 4 is 39.6 Å². The van der Waals surface area contributed by atoms with Crippen molar-refractivity contribution < 1.29 is 24.4 Å². The molecule has 32 heavy (non-hydrogen) atoms. The summed E-state index contributed by atoms with van der Waals surface area (Å²) in [4.78, 5) is 38.9. The highest BCUT2D eigenvalue weighted by atomic mass is 16.6. The van der Waals surface area contributed by atoms with Gasteiger partial charge >= 0.3 is 0 Å². The van der Waals surface area contributed by atoms with Crippen molar-refractivity contribution in [1.29, 1.82) is 0 Å². The lowest BCUT2D eigenvalue weighted by atomic mass is 9.91. The van der Waals surface area contributed by atoms with Crippen LogP contribution in [0.1, 0.15) is 34.1 Å². The maximum atomic E-state index is 13.4. The normalized spacial score (nSPS) is 12.9. The molecule has 3 aromatic rings. The first-order chi connectivity index (χ1) is 15.5. The molecule has 4 rings (SSSR count). The van der Waals surface area contributed by atoms with E-state index < -0.39 is 16.7 Å². The lowest BCUT2D eigenvalue weighted by molar-refractivity contribution is -0.383. The topological polar surface area (TPSA) is 122 Å². The smallest absolute Gasteiger partial charge is 0.293 e. The van der Waals surface area contributed by atoms with Crippen molar-refractivity contribution in [2.24, 2.45) is 0 Å². The Labute approximate surface area is 183 Å². The molecule has 9 heteroatoms. The molecular weight excluding hydrogens is 414 g/mol. The zero-order chi connectivity index (χ0) is 22.8. The second-order valence-electron chi connectivity index (χ2n) is 7.18. The maximum Gasteiger partial charge on any atom is 0.293 e. The number of aliphatic hydroxyl groups excluding tert-OH is 1. The summed E-state index contributed by atoms with van der Waals surface area (Å²) in [7, 11) is 0. The molecule has 0 radical (unpaired) electrons. The summed E-state index contributed by atoms with van der Waals surface area (Å²) in [5.41, 5.74) is 0.671. The lowest BCUT2D eigenvalue weighted by Gasteiger charge is -2.28. The Morgan fingerprint density at radius 1 is 1.09 bits per heavy atom. The number of ether oxygens (including phenoxy) is 1. The number of benzene rings is 3. The van der Waals surface area contributed by atoms with Gasteiger partial charge in [-0.15, -0.1) is 0 Å². The summed E-state index contributed by atoms with van der Waals surface area (Å²) >= 11 is 0. The van der Waals surface area contributed by atoms with E-state index in [4.69, 9.17) is 9.84 Å². The molecule has 0 aromatic heterocycles. The number of nitrogens with one attached hydrogen (secondary N) is 1. The number of nitro benzene ring substituents is 1. The van der Waals surface area contributed by atoms with Crippen LogP contribution < -0.4 is 15.0 Å². The number of imide groups is 1. The maximum absolute atomic E-state index is 13.4.